The van der Waals surface area contributed by atoms with Crippen LogP contribution in [0.15, 0.2) is 0 Å². The van der Waals surface area contributed by atoms with Gasteiger partial charge in [0.15, 0.2) is 0 Å². The Morgan fingerprint density at radius 3 is 2.15 bits per heavy atom. The van der Waals surface area contributed by atoms with Crippen LogP contribution in [0.2, 0.25) is 0 Å². The molecule has 0 bridgehead atoms. The first kappa shape index (κ1) is 10.5. The Morgan fingerprint density at radius 1 is 1.38 bits per heavy atom. The number of hydrogen-bond donors (Lipinski definition) is 0. The van der Waals surface area contributed by atoms with E-state index < -0.39 is 0 Å². The average Bonchev–Trinajstić information content (AvgIpc) is 1.94. The van der Waals surface area contributed by atoms with Crippen LogP contribution in [0.3, 0.4) is 0 Å². The zero-order valence-corrected chi connectivity index (χ0v) is 9.22. The van der Waals surface area contributed by atoms with Crippen molar-refractivity contribution >= 4 is 0 Å². The number of hydrogen-bond acceptors (Lipinski definition) is 2. The molecule has 1 fully saturated rings. The van der Waals surface area contributed by atoms with Gasteiger partial charge in [0.05, 0.1) is 11.5 Å². The lowest BCUT2D eigenvalue weighted by Crippen LogP contribution is -2.47. The monoisotopic (exact) mass is 180 g/mol. The van der Waals surface area contributed by atoms with Gasteiger partial charge in [-0.15, -0.1) is 0 Å². The highest BCUT2D eigenvalue weighted by molar-refractivity contribution is 5.06. The minimum absolute atomic E-state index is 0.0258. The molecular weight excluding hydrogens is 160 g/mol. The lowest BCUT2D eigenvalue weighted by atomic mass is 9.69. The van der Waals surface area contributed by atoms with Crippen LogP contribution >= 0.6 is 0 Å². The van der Waals surface area contributed by atoms with Crippen LogP contribution in [0.1, 0.15) is 40.0 Å². The van der Waals surface area contributed by atoms with Gasteiger partial charge >= 0.3 is 0 Å². The van der Waals surface area contributed by atoms with Gasteiger partial charge in [0.25, 0.3) is 0 Å². The molecule has 0 atom stereocenters. The molecule has 0 heterocycles. The maximum absolute atomic E-state index is 9.07. The molecule has 1 aliphatic carbocycles. The summed E-state index contributed by atoms with van der Waals surface area (Å²) in [5.74, 6) is 0. The molecule has 0 amide bonds. The number of nitriles is 1. The molecule has 1 aliphatic rings. The van der Waals surface area contributed by atoms with Crippen molar-refractivity contribution in [1.82, 2.24) is 4.90 Å². The van der Waals surface area contributed by atoms with E-state index in [1.54, 1.807) is 0 Å². The fourth-order valence-corrected chi connectivity index (χ4v) is 1.60. The van der Waals surface area contributed by atoms with E-state index in [1.807, 2.05) is 0 Å². The zero-order chi connectivity index (χ0) is 10.1. The Bertz CT molecular complexity index is 215. The van der Waals surface area contributed by atoms with Crippen LogP contribution in [0.4, 0.5) is 0 Å². The molecule has 0 spiro atoms. The van der Waals surface area contributed by atoms with E-state index in [-0.39, 0.29) is 11.0 Å². The summed E-state index contributed by atoms with van der Waals surface area (Å²) < 4.78 is 0. The molecule has 0 saturated heterocycles. The van der Waals surface area contributed by atoms with Crippen molar-refractivity contribution in [2.75, 3.05) is 13.6 Å². The van der Waals surface area contributed by atoms with Gasteiger partial charge in [-0.25, -0.2) is 0 Å². The molecule has 0 aliphatic heterocycles. The van der Waals surface area contributed by atoms with E-state index in [0.29, 0.717) is 0 Å². The fraction of sp³-hybridized carbons (Fsp3) is 0.909. The topological polar surface area (TPSA) is 27.0 Å². The highest BCUT2D eigenvalue weighted by atomic mass is 15.2. The van der Waals surface area contributed by atoms with E-state index in [9.17, 15) is 0 Å². The van der Waals surface area contributed by atoms with Crippen molar-refractivity contribution < 1.29 is 0 Å². The first-order valence-electron chi connectivity index (χ1n) is 5.02. The van der Waals surface area contributed by atoms with Crippen LogP contribution in [-0.2, 0) is 0 Å². The van der Waals surface area contributed by atoms with Crippen LogP contribution < -0.4 is 0 Å². The second kappa shape index (κ2) is 3.31. The molecule has 2 heteroatoms. The Kier molecular flexibility index (Phi) is 2.68. The molecule has 2 nitrogen and oxygen atoms in total. The average molecular weight is 180 g/mol. The first-order valence-corrected chi connectivity index (χ1v) is 5.02. The molecule has 0 aromatic carbocycles. The fourth-order valence-electron chi connectivity index (χ4n) is 1.60. The molecule has 74 valence electrons. The number of nitrogens with zero attached hydrogens (tertiary/aromatic N) is 2. The minimum Gasteiger partial charge on any atom is -0.300 e. The Labute approximate surface area is 81.5 Å². The summed E-state index contributed by atoms with van der Waals surface area (Å²) in [7, 11) is 2.11. The van der Waals surface area contributed by atoms with Gasteiger partial charge in [0, 0.05) is 12.1 Å². The summed E-state index contributed by atoms with van der Waals surface area (Å²) in [5, 5.41) is 9.07. The third kappa shape index (κ3) is 2.22. The highest BCUT2D eigenvalue weighted by Gasteiger charge is 2.39. The van der Waals surface area contributed by atoms with Gasteiger partial charge < -0.3 is 0 Å². The molecule has 0 radical (unpaired) electrons. The Hall–Kier alpha value is -0.550. The second-order valence-corrected chi connectivity index (χ2v) is 5.27. The van der Waals surface area contributed by atoms with Gasteiger partial charge in [-0.1, -0.05) is 6.42 Å². The van der Waals surface area contributed by atoms with Gasteiger partial charge in [0.1, 0.15) is 0 Å². The van der Waals surface area contributed by atoms with E-state index in [0.717, 1.165) is 19.4 Å². The smallest absolute Gasteiger partial charge is 0.0703 e. The van der Waals surface area contributed by atoms with Gasteiger partial charge in [0.2, 0.25) is 0 Å². The first-order chi connectivity index (χ1) is 5.90. The van der Waals surface area contributed by atoms with Crippen molar-refractivity contribution in [2.45, 2.75) is 45.6 Å². The molecule has 13 heavy (non-hydrogen) atoms. The van der Waals surface area contributed by atoms with Crippen molar-refractivity contribution in [2.24, 2.45) is 5.41 Å². The lowest BCUT2D eigenvalue weighted by Gasteiger charge is -2.42. The van der Waals surface area contributed by atoms with Gasteiger partial charge in [-0.3, -0.25) is 4.90 Å². The van der Waals surface area contributed by atoms with Gasteiger partial charge in [-0.05, 0) is 40.7 Å². The van der Waals surface area contributed by atoms with Crippen molar-refractivity contribution in [3.8, 4) is 6.07 Å². The van der Waals surface area contributed by atoms with E-state index in [2.05, 4.69) is 38.8 Å². The third-order valence-corrected chi connectivity index (χ3v) is 3.23. The Balaban J connectivity index is 2.53. The van der Waals surface area contributed by atoms with E-state index >= 15 is 0 Å². The van der Waals surface area contributed by atoms with Crippen LogP contribution in [0.25, 0.3) is 0 Å². The minimum atomic E-state index is -0.0258. The van der Waals surface area contributed by atoms with Crippen LogP contribution in [-0.4, -0.2) is 24.0 Å². The van der Waals surface area contributed by atoms with Crippen molar-refractivity contribution in [1.29, 1.82) is 5.26 Å². The quantitative estimate of drug-likeness (QED) is 0.652. The van der Waals surface area contributed by atoms with Gasteiger partial charge in [-0.2, -0.15) is 5.26 Å². The number of rotatable bonds is 2. The summed E-state index contributed by atoms with van der Waals surface area (Å²) in [4.78, 5) is 2.29. The zero-order valence-electron chi connectivity index (χ0n) is 9.22. The van der Waals surface area contributed by atoms with E-state index in [1.165, 1.54) is 6.42 Å². The summed E-state index contributed by atoms with van der Waals surface area (Å²) in [6, 6.07) is 2.48. The molecule has 1 rings (SSSR count). The molecular formula is C11H20N2. The summed E-state index contributed by atoms with van der Waals surface area (Å²) in [5.41, 5.74) is 0.154. The van der Waals surface area contributed by atoms with E-state index in [4.69, 9.17) is 5.26 Å². The largest absolute Gasteiger partial charge is 0.300 e. The molecule has 1 saturated carbocycles. The maximum atomic E-state index is 9.07. The molecule has 0 aromatic heterocycles. The molecule has 0 N–H and O–H groups in total. The standard InChI is InChI=1S/C11H20N2/c1-10(2,3)13(4)9-11(8-12)6-5-7-11/h5-7,9H2,1-4H3. The highest BCUT2D eigenvalue weighted by Crippen LogP contribution is 2.41. The second-order valence-electron chi connectivity index (χ2n) is 5.27. The summed E-state index contributed by atoms with van der Waals surface area (Å²) >= 11 is 0. The van der Waals surface area contributed by atoms with Crippen LogP contribution in [0.5, 0.6) is 0 Å². The predicted octanol–water partition coefficient (Wildman–Crippen LogP) is 2.41. The normalized spacial score (nSPS) is 20.9. The SMILES string of the molecule is CN(CC1(C#N)CCC1)C(C)(C)C. The lowest BCUT2D eigenvalue weighted by molar-refractivity contribution is 0.0792. The van der Waals surface area contributed by atoms with Crippen LogP contribution in [0, 0.1) is 16.7 Å². The third-order valence-electron chi connectivity index (χ3n) is 3.23. The van der Waals surface area contributed by atoms with Crippen molar-refractivity contribution in [3.05, 3.63) is 0 Å². The Morgan fingerprint density at radius 2 is 1.92 bits per heavy atom. The maximum Gasteiger partial charge on any atom is 0.0703 e. The molecule has 0 aromatic rings. The molecule has 0 unspecified atom stereocenters. The summed E-state index contributed by atoms with van der Waals surface area (Å²) in [6.07, 6.45) is 3.40. The predicted molar refractivity (Wildman–Crippen MR) is 54.3 cm³/mol. The van der Waals surface area contributed by atoms with Crippen molar-refractivity contribution in [3.63, 3.8) is 0 Å². The summed E-state index contributed by atoms with van der Waals surface area (Å²) in [6.45, 7) is 7.50.